The van der Waals surface area contributed by atoms with Crippen LogP contribution in [0, 0.1) is 19.8 Å². The molecule has 1 saturated carbocycles. The van der Waals surface area contributed by atoms with Crippen LogP contribution in [0.15, 0.2) is 35.3 Å². The van der Waals surface area contributed by atoms with E-state index < -0.39 is 0 Å². The van der Waals surface area contributed by atoms with Crippen molar-refractivity contribution in [2.75, 3.05) is 18.0 Å². The van der Waals surface area contributed by atoms with Crippen LogP contribution in [-0.2, 0) is 6.54 Å². The lowest BCUT2D eigenvalue weighted by molar-refractivity contribution is 0.331. The normalized spacial score (nSPS) is 17.0. The highest BCUT2D eigenvalue weighted by Crippen LogP contribution is 2.38. The maximum Gasteiger partial charge on any atom is 0.266 e. The molecule has 0 aromatic carbocycles. The van der Waals surface area contributed by atoms with Gasteiger partial charge in [0.15, 0.2) is 5.82 Å². The number of hydrogen-bond acceptors (Lipinski definition) is 6. The molecular weight excluding hydrogens is 354 g/mol. The first-order valence-electron chi connectivity index (χ1n) is 9.76. The Morgan fingerprint density at radius 2 is 1.89 bits per heavy atom. The van der Waals surface area contributed by atoms with E-state index in [2.05, 4.69) is 20.1 Å². The van der Waals surface area contributed by atoms with Crippen molar-refractivity contribution < 1.29 is 0 Å². The van der Waals surface area contributed by atoms with Crippen LogP contribution in [-0.4, -0.2) is 42.6 Å². The summed E-state index contributed by atoms with van der Waals surface area (Å²) >= 11 is 0. The van der Waals surface area contributed by atoms with Crippen molar-refractivity contribution in [1.29, 1.82) is 0 Å². The molecule has 144 valence electrons. The van der Waals surface area contributed by atoms with Gasteiger partial charge >= 0.3 is 0 Å². The summed E-state index contributed by atoms with van der Waals surface area (Å²) in [7, 11) is 0. The molecular formula is C20H23N7O. The first kappa shape index (κ1) is 17.1. The van der Waals surface area contributed by atoms with E-state index in [-0.39, 0.29) is 5.56 Å². The highest BCUT2D eigenvalue weighted by molar-refractivity contribution is 5.41. The van der Waals surface area contributed by atoms with Gasteiger partial charge in [0.1, 0.15) is 11.6 Å². The minimum absolute atomic E-state index is 0.0817. The lowest BCUT2D eigenvalue weighted by Gasteiger charge is -2.40. The summed E-state index contributed by atoms with van der Waals surface area (Å²) in [5.74, 6) is 3.56. The molecule has 2 aliphatic rings. The molecule has 0 radical (unpaired) electrons. The molecule has 1 aliphatic heterocycles. The first-order valence-corrected chi connectivity index (χ1v) is 9.76. The minimum atomic E-state index is -0.0817. The predicted octanol–water partition coefficient (Wildman–Crippen LogP) is 1.85. The van der Waals surface area contributed by atoms with Gasteiger partial charge in [-0.1, -0.05) is 0 Å². The summed E-state index contributed by atoms with van der Waals surface area (Å²) in [6, 6.07) is 7.27. The molecule has 5 rings (SSSR count). The van der Waals surface area contributed by atoms with Gasteiger partial charge in [0.2, 0.25) is 0 Å². The molecule has 0 amide bonds. The van der Waals surface area contributed by atoms with Crippen molar-refractivity contribution in [1.82, 2.24) is 29.5 Å². The Balaban J connectivity index is 1.28. The molecule has 1 saturated heterocycles. The van der Waals surface area contributed by atoms with Crippen LogP contribution in [0.2, 0.25) is 0 Å². The van der Waals surface area contributed by atoms with Gasteiger partial charge in [0, 0.05) is 42.9 Å². The molecule has 3 aromatic heterocycles. The van der Waals surface area contributed by atoms with E-state index in [9.17, 15) is 4.79 Å². The third-order valence-electron chi connectivity index (χ3n) is 5.39. The highest BCUT2D eigenvalue weighted by atomic mass is 16.1. The van der Waals surface area contributed by atoms with Gasteiger partial charge in [0.25, 0.3) is 5.56 Å². The van der Waals surface area contributed by atoms with E-state index >= 15 is 0 Å². The lowest BCUT2D eigenvalue weighted by Crippen LogP contribution is -2.50. The van der Waals surface area contributed by atoms with Crippen LogP contribution in [0.3, 0.4) is 0 Å². The Labute approximate surface area is 162 Å². The molecule has 0 atom stereocenters. The number of aromatic nitrogens is 6. The Morgan fingerprint density at radius 3 is 2.61 bits per heavy atom. The van der Waals surface area contributed by atoms with Gasteiger partial charge in [-0.05, 0) is 44.9 Å². The lowest BCUT2D eigenvalue weighted by atomic mass is 10.0. The second-order valence-electron chi connectivity index (χ2n) is 7.87. The van der Waals surface area contributed by atoms with Crippen LogP contribution in [0.4, 0.5) is 5.82 Å². The third kappa shape index (κ3) is 3.19. The fourth-order valence-electron chi connectivity index (χ4n) is 3.74. The number of hydrogen-bond donors (Lipinski definition) is 0. The standard InChI is InChI=1S/C20H23N7O/c1-13-9-14(2)27(23-13)18-5-6-19(28)26(24-18)12-15-10-25(11-15)17-7-8-21-20(22-17)16-3-4-16/h5-9,15-16H,3-4,10-12H2,1-2H3. The maximum absolute atomic E-state index is 12.3. The summed E-state index contributed by atoms with van der Waals surface area (Å²) in [5, 5.41) is 9.00. The van der Waals surface area contributed by atoms with Crippen molar-refractivity contribution >= 4 is 5.82 Å². The Hall–Kier alpha value is -3.03. The Bertz CT molecular complexity index is 1080. The fourth-order valence-corrected chi connectivity index (χ4v) is 3.74. The molecule has 0 bridgehead atoms. The highest BCUT2D eigenvalue weighted by Gasteiger charge is 2.31. The number of aryl methyl sites for hydroxylation is 2. The molecule has 0 spiro atoms. The van der Waals surface area contributed by atoms with E-state index in [4.69, 9.17) is 4.98 Å². The number of rotatable bonds is 5. The fraction of sp³-hybridized carbons (Fsp3) is 0.450. The van der Waals surface area contributed by atoms with Crippen LogP contribution in [0.5, 0.6) is 0 Å². The van der Waals surface area contributed by atoms with Gasteiger partial charge in [-0.15, -0.1) is 5.10 Å². The summed E-state index contributed by atoms with van der Waals surface area (Å²) in [6.07, 6.45) is 4.26. The van der Waals surface area contributed by atoms with Crippen molar-refractivity contribution in [3.8, 4) is 5.82 Å². The van der Waals surface area contributed by atoms with E-state index in [1.54, 1.807) is 21.5 Å². The molecule has 8 heteroatoms. The van der Waals surface area contributed by atoms with Gasteiger partial charge in [0.05, 0.1) is 12.2 Å². The van der Waals surface area contributed by atoms with Crippen molar-refractivity contribution in [3.05, 3.63) is 58.0 Å². The zero-order valence-corrected chi connectivity index (χ0v) is 16.1. The quantitative estimate of drug-likeness (QED) is 0.675. The summed E-state index contributed by atoms with van der Waals surface area (Å²) < 4.78 is 3.34. The largest absolute Gasteiger partial charge is 0.356 e. The molecule has 0 unspecified atom stereocenters. The van der Waals surface area contributed by atoms with E-state index in [1.165, 1.54) is 12.8 Å². The Kier molecular flexibility index (Phi) is 3.99. The average molecular weight is 377 g/mol. The average Bonchev–Trinajstić information content (AvgIpc) is 3.44. The van der Waals surface area contributed by atoms with Gasteiger partial charge in [-0.2, -0.15) is 5.10 Å². The topological polar surface area (TPSA) is 81.7 Å². The number of nitrogens with zero attached hydrogens (tertiary/aromatic N) is 7. The molecule has 0 N–H and O–H groups in total. The molecule has 1 aliphatic carbocycles. The number of anilines is 1. The molecule has 4 heterocycles. The summed E-state index contributed by atoms with van der Waals surface area (Å²) in [4.78, 5) is 23.6. The summed E-state index contributed by atoms with van der Waals surface area (Å²) in [6.45, 7) is 6.28. The monoisotopic (exact) mass is 377 g/mol. The van der Waals surface area contributed by atoms with Crippen LogP contribution >= 0.6 is 0 Å². The SMILES string of the molecule is Cc1cc(C)n(-c2ccc(=O)n(CC3CN(c4ccnc(C5CC5)n4)C3)n2)n1. The molecule has 8 nitrogen and oxygen atoms in total. The van der Waals surface area contributed by atoms with Crippen LogP contribution in [0.1, 0.15) is 36.0 Å². The van der Waals surface area contributed by atoms with Gasteiger partial charge in [-0.3, -0.25) is 4.79 Å². The van der Waals surface area contributed by atoms with Crippen molar-refractivity contribution in [3.63, 3.8) is 0 Å². The van der Waals surface area contributed by atoms with E-state index in [1.807, 2.05) is 32.2 Å². The summed E-state index contributed by atoms with van der Waals surface area (Å²) in [5.41, 5.74) is 1.85. The van der Waals surface area contributed by atoms with Gasteiger partial charge < -0.3 is 4.90 Å². The van der Waals surface area contributed by atoms with Crippen LogP contribution in [0.25, 0.3) is 5.82 Å². The smallest absolute Gasteiger partial charge is 0.266 e. The molecule has 2 fully saturated rings. The second-order valence-corrected chi connectivity index (χ2v) is 7.87. The molecule has 3 aromatic rings. The minimum Gasteiger partial charge on any atom is -0.356 e. The van der Waals surface area contributed by atoms with Crippen LogP contribution < -0.4 is 10.5 Å². The van der Waals surface area contributed by atoms with Crippen molar-refractivity contribution in [2.24, 2.45) is 5.92 Å². The maximum atomic E-state index is 12.3. The first-order chi connectivity index (χ1) is 13.6. The molecule has 28 heavy (non-hydrogen) atoms. The van der Waals surface area contributed by atoms with Crippen molar-refractivity contribution in [2.45, 2.75) is 39.2 Å². The van der Waals surface area contributed by atoms with E-state index in [0.717, 1.165) is 36.1 Å². The zero-order chi connectivity index (χ0) is 19.3. The predicted molar refractivity (Wildman–Crippen MR) is 105 cm³/mol. The van der Waals surface area contributed by atoms with E-state index in [0.29, 0.717) is 24.2 Å². The zero-order valence-electron chi connectivity index (χ0n) is 16.1. The third-order valence-corrected chi connectivity index (χ3v) is 5.39. The second kappa shape index (κ2) is 6.54. The van der Waals surface area contributed by atoms with Gasteiger partial charge in [-0.25, -0.2) is 19.3 Å². The Morgan fingerprint density at radius 1 is 1.07 bits per heavy atom.